The van der Waals surface area contributed by atoms with Crippen LogP contribution in [0.4, 0.5) is 13.2 Å². The second kappa shape index (κ2) is 5.37. The maximum atomic E-state index is 11.8. The van der Waals surface area contributed by atoms with E-state index in [1.807, 2.05) is 0 Å². The van der Waals surface area contributed by atoms with E-state index in [2.05, 4.69) is 4.74 Å². The topological polar surface area (TPSA) is 29.5 Å². The van der Waals surface area contributed by atoms with Gasteiger partial charge in [-0.3, -0.25) is 0 Å². The van der Waals surface area contributed by atoms with Crippen LogP contribution in [0, 0.1) is 5.92 Å². The van der Waals surface area contributed by atoms with Crippen molar-refractivity contribution >= 4 is 0 Å². The zero-order valence-electron chi connectivity index (χ0n) is 6.90. The molecule has 0 aliphatic rings. The lowest BCUT2D eigenvalue weighted by atomic mass is 10.0. The van der Waals surface area contributed by atoms with Crippen LogP contribution in [0.15, 0.2) is 0 Å². The lowest BCUT2D eigenvalue weighted by Gasteiger charge is -2.15. The molecule has 0 aromatic rings. The van der Waals surface area contributed by atoms with E-state index in [-0.39, 0.29) is 13.0 Å². The van der Waals surface area contributed by atoms with Crippen molar-refractivity contribution in [3.8, 4) is 0 Å². The third-order valence-corrected chi connectivity index (χ3v) is 1.51. The molecule has 0 aromatic carbocycles. The van der Waals surface area contributed by atoms with Crippen molar-refractivity contribution in [2.75, 3.05) is 20.3 Å². The van der Waals surface area contributed by atoms with Gasteiger partial charge >= 0.3 is 6.18 Å². The second-order valence-electron chi connectivity index (χ2n) is 2.65. The van der Waals surface area contributed by atoms with Gasteiger partial charge < -0.3 is 9.84 Å². The molecule has 74 valence electrons. The molecular formula is C7H13F3O2. The fourth-order valence-electron chi connectivity index (χ4n) is 0.870. The van der Waals surface area contributed by atoms with Crippen LogP contribution in [0.3, 0.4) is 0 Å². The van der Waals surface area contributed by atoms with Gasteiger partial charge in [0.05, 0.1) is 0 Å². The number of rotatable bonds is 5. The molecule has 0 unspecified atom stereocenters. The molecule has 0 amide bonds. The van der Waals surface area contributed by atoms with Crippen LogP contribution in [0.25, 0.3) is 0 Å². The zero-order valence-corrected chi connectivity index (χ0v) is 6.90. The van der Waals surface area contributed by atoms with Crippen molar-refractivity contribution in [1.29, 1.82) is 0 Å². The van der Waals surface area contributed by atoms with E-state index in [4.69, 9.17) is 5.11 Å². The Morgan fingerprint density at radius 1 is 1.42 bits per heavy atom. The molecule has 12 heavy (non-hydrogen) atoms. The Kier molecular flexibility index (Phi) is 5.24. The molecule has 0 fully saturated rings. The SMILES string of the molecule is COCC[C@@H](CO)CC(F)(F)F. The van der Waals surface area contributed by atoms with Crippen molar-refractivity contribution in [3.05, 3.63) is 0 Å². The lowest BCUT2D eigenvalue weighted by Crippen LogP contribution is -2.19. The summed E-state index contributed by atoms with van der Waals surface area (Å²) in [4.78, 5) is 0. The fourth-order valence-corrected chi connectivity index (χ4v) is 0.870. The summed E-state index contributed by atoms with van der Waals surface area (Å²) in [6.45, 7) is -0.190. The first-order valence-corrected chi connectivity index (χ1v) is 3.66. The molecule has 1 atom stereocenters. The monoisotopic (exact) mass is 186 g/mol. The minimum absolute atomic E-state index is 0.243. The second-order valence-corrected chi connectivity index (χ2v) is 2.65. The number of alkyl halides is 3. The van der Waals surface area contributed by atoms with Crippen LogP contribution in [-0.2, 0) is 4.74 Å². The van der Waals surface area contributed by atoms with Crippen molar-refractivity contribution in [2.24, 2.45) is 5.92 Å². The van der Waals surface area contributed by atoms with Crippen molar-refractivity contribution in [3.63, 3.8) is 0 Å². The summed E-state index contributed by atoms with van der Waals surface area (Å²) >= 11 is 0. The van der Waals surface area contributed by atoms with Crippen molar-refractivity contribution in [2.45, 2.75) is 19.0 Å². The summed E-state index contributed by atoms with van der Waals surface area (Å²) in [7, 11) is 1.42. The third kappa shape index (κ3) is 6.42. The summed E-state index contributed by atoms with van der Waals surface area (Å²) in [5.74, 6) is -0.732. The number of aliphatic hydroxyl groups excluding tert-OH is 1. The molecule has 0 rings (SSSR count). The third-order valence-electron chi connectivity index (χ3n) is 1.51. The lowest BCUT2D eigenvalue weighted by molar-refractivity contribution is -0.148. The van der Waals surface area contributed by atoms with Gasteiger partial charge in [0.15, 0.2) is 0 Å². The summed E-state index contributed by atoms with van der Waals surface area (Å²) < 4.78 is 39.9. The van der Waals surface area contributed by atoms with Gasteiger partial charge in [0.1, 0.15) is 0 Å². The zero-order chi connectivity index (χ0) is 9.61. The summed E-state index contributed by atoms with van der Waals surface area (Å²) in [5, 5.41) is 8.56. The van der Waals surface area contributed by atoms with Crippen LogP contribution in [0.5, 0.6) is 0 Å². The Balaban J connectivity index is 3.67. The first kappa shape index (κ1) is 11.7. The van der Waals surface area contributed by atoms with E-state index >= 15 is 0 Å². The van der Waals surface area contributed by atoms with E-state index in [1.54, 1.807) is 0 Å². The highest BCUT2D eigenvalue weighted by Crippen LogP contribution is 2.26. The van der Waals surface area contributed by atoms with Crippen molar-refractivity contribution < 1.29 is 23.0 Å². The molecule has 5 heteroatoms. The molecule has 0 aromatic heterocycles. The average molecular weight is 186 g/mol. The number of methoxy groups -OCH3 is 1. The van der Waals surface area contributed by atoms with Crippen LogP contribution < -0.4 is 0 Å². The van der Waals surface area contributed by atoms with Crippen LogP contribution in [0.1, 0.15) is 12.8 Å². The highest BCUT2D eigenvalue weighted by molar-refractivity contribution is 4.62. The molecule has 1 N–H and O–H groups in total. The van der Waals surface area contributed by atoms with E-state index in [0.29, 0.717) is 0 Å². The van der Waals surface area contributed by atoms with Gasteiger partial charge in [-0.05, 0) is 12.3 Å². The Morgan fingerprint density at radius 3 is 2.33 bits per heavy atom. The van der Waals surface area contributed by atoms with Gasteiger partial charge in [-0.1, -0.05) is 0 Å². The summed E-state index contributed by atoms with van der Waals surface area (Å²) in [6, 6.07) is 0. The van der Waals surface area contributed by atoms with Gasteiger partial charge in [0.25, 0.3) is 0 Å². The number of hydrogen-bond donors (Lipinski definition) is 1. The average Bonchev–Trinajstić information content (AvgIpc) is 1.95. The van der Waals surface area contributed by atoms with E-state index < -0.39 is 25.1 Å². The molecule has 0 heterocycles. The Labute approximate surface area is 69.3 Å². The van der Waals surface area contributed by atoms with Gasteiger partial charge in [-0.25, -0.2) is 0 Å². The van der Waals surface area contributed by atoms with Crippen LogP contribution in [0.2, 0.25) is 0 Å². The Morgan fingerprint density at radius 2 is 2.00 bits per heavy atom. The molecule has 0 saturated heterocycles. The largest absolute Gasteiger partial charge is 0.396 e. The molecule has 0 spiro atoms. The number of aliphatic hydroxyl groups is 1. The van der Waals surface area contributed by atoms with Gasteiger partial charge in [-0.15, -0.1) is 0 Å². The van der Waals surface area contributed by atoms with Crippen LogP contribution in [-0.4, -0.2) is 31.6 Å². The van der Waals surface area contributed by atoms with Gasteiger partial charge in [0, 0.05) is 26.7 Å². The highest BCUT2D eigenvalue weighted by Gasteiger charge is 2.31. The molecule has 0 bridgehead atoms. The minimum atomic E-state index is -4.19. The molecule has 0 radical (unpaired) electrons. The fraction of sp³-hybridized carbons (Fsp3) is 1.00. The smallest absolute Gasteiger partial charge is 0.389 e. The normalized spacial score (nSPS) is 14.8. The van der Waals surface area contributed by atoms with E-state index in [1.165, 1.54) is 7.11 Å². The summed E-state index contributed by atoms with van der Waals surface area (Å²) in [5.41, 5.74) is 0. The highest BCUT2D eigenvalue weighted by atomic mass is 19.4. The van der Waals surface area contributed by atoms with Crippen LogP contribution >= 0.6 is 0 Å². The number of hydrogen-bond acceptors (Lipinski definition) is 2. The quantitative estimate of drug-likeness (QED) is 0.706. The number of halogens is 3. The molecule has 0 saturated carbocycles. The molecule has 0 aliphatic heterocycles. The Bertz CT molecular complexity index is 114. The van der Waals surface area contributed by atoms with Gasteiger partial charge in [-0.2, -0.15) is 13.2 Å². The van der Waals surface area contributed by atoms with E-state index in [9.17, 15) is 13.2 Å². The maximum Gasteiger partial charge on any atom is 0.389 e. The molecule has 0 aliphatic carbocycles. The standard InChI is InChI=1S/C7H13F3O2/c1-12-3-2-6(5-11)4-7(8,9)10/h6,11H,2-5H2,1H3/t6-/m1/s1. The Hall–Kier alpha value is -0.290. The predicted octanol–water partition coefficient (Wildman–Crippen LogP) is 1.58. The minimum Gasteiger partial charge on any atom is -0.396 e. The predicted molar refractivity (Wildman–Crippen MR) is 37.7 cm³/mol. The van der Waals surface area contributed by atoms with E-state index in [0.717, 1.165) is 0 Å². The van der Waals surface area contributed by atoms with Crippen molar-refractivity contribution in [1.82, 2.24) is 0 Å². The van der Waals surface area contributed by atoms with Gasteiger partial charge in [0.2, 0.25) is 0 Å². The summed E-state index contributed by atoms with van der Waals surface area (Å²) in [6.07, 6.45) is -4.89. The molecular weight excluding hydrogens is 173 g/mol. The number of ether oxygens (including phenoxy) is 1. The first-order valence-electron chi connectivity index (χ1n) is 3.66. The first-order chi connectivity index (χ1) is 5.49. The molecule has 2 nitrogen and oxygen atoms in total. The maximum absolute atomic E-state index is 11.8.